The first-order chi connectivity index (χ1) is 8.08. The van der Waals surface area contributed by atoms with Crippen LogP contribution in [0.1, 0.15) is 5.56 Å². The Kier molecular flexibility index (Phi) is 5.41. The maximum absolute atomic E-state index is 10.8. The summed E-state index contributed by atoms with van der Waals surface area (Å²) in [6, 6.07) is 5.04. The molecular weight excluding hydrogens is 265 g/mol. The molecule has 17 heavy (non-hydrogen) atoms. The van der Waals surface area contributed by atoms with Crippen LogP contribution >= 0.6 is 23.2 Å². The van der Waals surface area contributed by atoms with Gasteiger partial charge in [-0.05, 0) is 24.1 Å². The van der Waals surface area contributed by atoms with Crippen LogP contribution in [0.2, 0.25) is 10.0 Å². The molecule has 0 aliphatic carbocycles. The predicted octanol–water partition coefficient (Wildman–Crippen LogP) is 2.20. The molecule has 1 N–H and O–H groups in total. The van der Waals surface area contributed by atoms with Gasteiger partial charge in [0.15, 0.2) is 0 Å². The van der Waals surface area contributed by atoms with E-state index in [1.54, 1.807) is 18.2 Å². The molecule has 0 saturated heterocycles. The first-order valence-corrected chi connectivity index (χ1v) is 5.63. The number of carbonyl (C=O) groups excluding carboxylic acids is 2. The number of aldehydes is 1. The second kappa shape index (κ2) is 6.59. The van der Waals surface area contributed by atoms with Crippen LogP contribution in [-0.4, -0.2) is 29.5 Å². The van der Waals surface area contributed by atoms with Crippen molar-refractivity contribution in [3.63, 3.8) is 0 Å². The zero-order valence-electron chi connectivity index (χ0n) is 8.85. The van der Waals surface area contributed by atoms with Crippen LogP contribution in [0.3, 0.4) is 0 Å². The zero-order valence-corrected chi connectivity index (χ0v) is 10.4. The van der Waals surface area contributed by atoms with Gasteiger partial charge < -0.3 is 4.79 Å². The van der Waals surface area contributed by atoms with Crippen LogP contribution in [0.25, 0.3) is 0 Å². The molecule has 0 radical (unpaired) electrons. The van der Waals surface area contributed by atoms with Crippen molar-refractivity contribution in [1.29, 1.82) is 0 Å². The zero-order chi connectivity index (χ0) is 12.8. The second-order valence-electron chi connectivity index (χ2n) is 3.53. The van der Waals surface area contributed by atoms with E-state index in [-0.39, 0.29) is 19.4 Å². The van der Waals surface area contributed by atoms with E-state index in [0.29, 0.717) is 27.0 Å². The third-order valence-corrected chi connectivity index (χ3v) is 2.97. The summed E-state index contributed by atoms with van der Waals surface area (Å²) in [6.07, 6.45) is 1.17. The lowest BCUT2D eigenvalue weighted by molar-refractivity contribution is -0.152. The number of hydrogen-bond acceptors (Lipinski definition) is 3. The van der Waals surface area contributed by atoms with Crippen LogP contribution in [0.5, 0.6) is 0 Å². The molecule has 92 valence electrons. The van der Waals surface area contributed by atoms with Gasteiger partial charge in [-0.2, -0.15) is 0 Å². The normalized spacial score (nSPS) is 11.9. The van der Waals surface area contributed by atoms with Crippen molar-refractivity contribution in [3.8, 4) is 0 Å². The van der Waals surface area contributed by atoms with Gasteiger partial charge in [-0.3, -0.25) is 10.0 Å². The van der Waals surface area contributed by atoms with E-state index in [4.69, 9.17) is 28.4 Å². The van der Waals surface area contributed by atoms with Gasteiger partial charge in [0.25, 0.3) is 0 Å². The van der Waals surface area contributed by atoms with E-state index in [2.05, 4.69) is 0 Å². The summed E-state index contributed by atoms with van der Waals surface area (Å²) in [5, 5.41) is 10.4. The quantitative estimate of drug-likeness (QED) is 0.492. The summed E-state index contributed by atoms with van der Waals surface area (Å²) in [7, 11) is 0. The van der Waals surface area contributed by atoms with E-state index in [1.807, 2.05) is 0 Å². The van der Waals surface area contributed by atoms with Gasteiger partial charge in [0.2, 0.25) is 6.41 Å². The largest absolute Gasteiger partial charge is 0.303 e. The minimum absolute atomic E-state index is 0.0887. The molecule has 1 atom stereocenters. The first-order valence-electron chi connectivity index (χ1n) is 4.87. The summed E-state index contributed by atoms with van der Waals surface area (Å²) in [6.45, 7) is -0.0887. The van der Waals surface area contributed by atoms with Crippen molar-refractivity contribution < 1.29 is 14.8 Å². The maximum Gasteiger partial charge on any atom is 0.233 e. The van der Waals surface area contributed by atoms with Crippen LogP contribution in [0, 0.1) is 5.92 Å². The van der Waals surface area contributed by atoms with Gasteiger partial charge in [0.1, 0.15) is 6.29 Å². The number of nitrogens with zero attached hydrogens (tertiary/aromatic N) is 1. The van der Waals surface area contributed by atoms with E-state index >= 15 is 0 Å². The maximum atomic E-state index is 10.8. The topological polar surface area (TPSA) is 57.6 Å². The molecule has 1 rings (SSSR count). The highest BCUT2D eigenvalue weighted by atomic mass is 35.5. The predicted molar refractivity (Wildman–Crippen MR) is 64.3 cm³/mol. The van der Waals surface area contributed by atoms with E-state index in [1.165, 1.54) is 0 Å². The van der Waals surface area contributed by atoms with Crippen molar-refractivity contribution in [2.24, 2.45) is 5.92 Å². The highest BCUT2D eigenvalue weighted by molar-refractivity contribution is 6.36. The molecule has 0 fully saturated rings. The van der Waals surface area contributed by atoms with E-state index in [9.17, 15) is 9.59 Å². The summed E-state index contributed by atoms with van der Waals surface area (Å²) >= 11 is 11.9. The molecule has 0 heterocycles. The van der Waals surface area contributed by atoms with Crippen LogP contribution in [-0.2, 0) is 16.0 Å². The summed E-state index contributed by atoms with van der Waals surface area (Å²) < 4.78 is 0. The van der Waals surface area contributed by atoms with Gasteiger partial charge in [0, 0.05) is 16.0 Å². The number of benzene rings is 1. The Labute approximate surface area is 109 Å². The standard InChI is InChI=1S/C11H11Cl2NO3/c12-10-2-1-3-11(13)9(10)4-8(6-15)5-14(17)7-16/h1-3,6-8,17H,4-5H2. The van der Waals surface area contributed by atoms with Crippen molar-refractivity contribution in [2.45, 2.75) is 6.42 Å². The Morgan fingerprint density at radius 1 is 1.29 bits per heavy atom. The summed E-state index contributed by atoms with van der Waals surface area (Å²) in [5.74, 6) is -0.553. The lowest BCUT2D eigenvalue weighted by Crippen LogP contribution is -2.27. The van der Waals surface area contributed by atoms with Crippen molar-refractivity contribution in [1.82, 2.24) is 5.06 Å². The minimum Gasteiger partial charge on any atom is -0.303 e. The van der Waals surface area contributed by atoms with E-state index in [0.717, 1.165) is 0 Å². The van der Waals surface area contributed by atoms with Crippen LogP contribution in [0.15, 0.2) is 18.2 Å². The fraction of sp³-hybridized carbons (Fsp3) is 0.273. The molecule has 6 heteroatoms. The Balaban J connectivity index is 2.80. The van der Waals surface area contributed by atoms with Gasteiger partial charge in [-0.1, -0.05) is 29.3 Å². The number of amides is 1. The fourth-order valence-corrected chi connectivity index (χ4v) is 1.98. The molecule has 0 saturated carbocycles. The molecule has 0 bridgehead atoms. The lowest BCUT2D eigenvalue weighted by Gasteiger charge is -2.15. The van der Waals surface area contributed by atoms with Crippen LogP contribution in [0.4, 0.5) is 0 Å². The highest BCUT2D eigenvalue weighted by Crippen LogP contribution is 2.26. The molecule has 1 amide bonds. The average molecular weight is 276 g/mol. The number of carbonyl (C=O) groups is 2. The molecular formula is C11H11Cl2NO3. The molecule has 0 spiro atoms. The van der Waals surface area contributed by atoms with E-state index < -0.39 is 5.92 Å². The highest BCUT2D eigenvalue weighted by Gasteiger charge is 2.15. The number of halogens is 2. The third-order valence-electron chi connectivity index (χ3n) is 2.26. The first kappa shape index (κ1) is 14.0. The molecule has 4 nitrogen and oxygen atoms in total. The molecule has 1 aromatic carbocycles. The lowest BCUT2D eigenvalue weighted by atomic mass is 10.0. The fourth-order valence-electron chi connectivity index (χ4n) is 1.43. The second-order valence-corrected chi connectivity index (χ2v) is 4.34. The molecule has 0 aliphatic rings. The average Bonchev–Trinajstić information content (AvgIpc) is 2.32. The van der Waals surface area contributed by atoms with Gasteiger partial charge in [-0.15, -0.1) is 0 Å². The Morgan fingerprint density at radius 3 is 2.35 bits per heavy atom. The molecule has 0 aliphatic heterocycles. The minimum atomic E-state index is -0.553. The van der Waals surface area contributed by atoms with Crippen molar-refractivity contribution in [3.05, 3.63) is 33.8 Å². The summed E-state index contributed by atoms with van der Waals surface area (Å²) in [4.78, 5) is 21.1. The number of rotatable bonds is 6. The number of hydrogen-bond donors (Lipinski definition) is 1. The monoisotopic (exact) mass is 275 g/mol. The Morgan fingerprint density at radius 2 is 1.88 bits per heavy atom. The van der Waals surface area contributed by atoms with Gasteiger partial charge >= 0.3 is 0 Å². The Hall–Kier alpha value is -1.10. The van der Waals surface area contributed by atoms with Gasteiger partial charge in [-0.25, -0.2) is 5.06 Å². The van der Waals surface area contributed by atoms with Crippen LogP contribution < -0.4 is 0 Å². The molecule has 0 aromatic heterocycles. The van der Waals surface area contributed by atoms with Gasteiger partial charge in [0.05, 0.1) is 6.54 Å². The third kappa shape index (κ3) is 4.00. The molecule has 1 unspecified atom stereocenters. The number of hydroxylamine groups is 2. The summed E-state index contributed by atoms with van der Waals surface area (Å²) in [5.41, 5.74) is 0.632. The molecule has 1 aromatic rings. The smallest absolute Gasteiger partial charge is 0.233 e. The van der Waals surface area contributed by atoms with Crippen molar-refractivity contribution in [2.75, 3.05) is 6.54 Å². The Bertz CT molecular complexity index is 391. The SMILES string of the molecule is O=CC(Cc1c(Cl)cccc1Cl)CN(O)C=O. The van der Waals surface area contributed by atoms with Crippen molar-refractivity contribution >= 4 is 35.9 Å².